The molecule has 1 rings (SSSR count). The standard InChI is InChI=1S/C14H20N2O6/c1-20-8-10(16-14(18)19)13(17)15-7-9-5-4-6-11(21-2)12(9)22-3/h4-6,10,16H,7-8H2,1-3H3,(H,15,17)(H,18,19). The summed E-state index contributed by atoms with van der Waals surface area (Å²) >= 11 is 0. The van der Waals surface area contributed by atoms with Crippen molar-refractivity contribution in [3.05, 3.63) is 23.8 Å². The van der Waals surface area contributed by atoms with Crippen LogP contribution < -0.4 is 20.1 Å². The largest absolute Gasteiger partial charge is 0.493 e. The van der Waals surface area contributed by atoms with E-state index in [0.717, 1.165) is 0 Å². The van der Waals surface area contributed by atoms with E-state index in [1.165, 1.54) is 21.3 Å². The molecule has 0 heterocycles. The molecule has 0 fully saturated rings. The molecule has 1 atom stereocenters. The number of methoxy groups -OCH3 is 3. The van der Waals surface area contributed by atoms with Gasteiger partial charge >= 0.3 is 6.09 Å². The molecule has 3 N–H and O–H groups in total. The fourth-order valence-corrected chi connectivity index (χ4v) is 1.90. The zero-order valence-corrected chi connectivity index (χ0v) is 12.7. The van der Waals surface area contributed by atoms with Crippen LogP contribution in [0.1, 0.15) is 5.56 Å². The zero-order chi connectivity index (χ0) is 16.5. The van der Waals surface area contributed by atoms with Gasteiger partial charge in [0.25, 0.3) is 0 Å². The summed E-state index contributed by atoms with van der Waals surface area (Å²) in [4.78, 5) is 22.7. The first-order valence-electron chi connectivity index (χ1n) is 6.49. The van der Waals surface area contributed by atoms with Gasteiger partial charge in [-0.1, -0.05) is 12.1 Å². The zero-order valence-electron chi connectivity index (χ0n) is 12.7. The summed E-state index contributed by atoms with van der Waals surface area (Å²) in [6.07, 6.45) is -1.30. The highest BCUT2D eigenvalue weighted by Crippen LogP contribution is 2.30. The number of rotatable bonds is 8. The van der Waals surface area contributed by atoms with Crippen LogP contribution in [-0.2, 0) is 16.1 Å². The summed E-state index contributed by atoms with van der Waals surface area (Å²) < 4.78 is 15.3. The Balaban J connectivity index is 2.75. The number of carbonyl (C=O) groups excluding carboxylic acids is 1. The SMILES string of the molecule is COCC(NC(=O)O)C(=O)NCc1cccc(OC)c1OC. The van der Waals surface area contributed by atoms with Crippen molar-refractivity contribution in [1.29, 1.82) is 0 Å². The fourth-order valence-electron chi connectivity index (χ4n) is 1.90. The first-order valence-corrected chi connectivity index (χ1v) is 6.49. The molecular formula is C14H20N2O6. The van der Waals surface area contributed by atoms with Crippen LogP contribution in [0.4, 0.5) is 4.79 Å². The molecule has 0 aromatic heterocycles. The molecule has 0 aliphatic rings. The molecular weight excluding hydrogens is 292 g/mol. The van der Waals surface area contributed by atoms with E-state index in [1.807, 2.05) is 0 Å². The molecule has 122 valence electrons. The Hall–Kier alpha value is -2.48. The Morgan fingerprint density at radius 3 is 2.50 bits per heavy atom. The molecule has 8 heteroatoms. The van der Waals surface area contributed by atoms with Crippen molar-refractivity contribution in [3.63, 3.8) is 0 Å². The van der Waals surface area contributed by atoms with E-state index in [2.05, 4.69) is 10.6 Å². The van der Waals surface area contributed by atoms with Gasteiger partial charge in [-0.05, 0) is 6.07 Å². The molecule has 0 radical (unpaired) electrons. The van der Waals surface area contributed by atoms with Gasteiger partial charge in [0.15, 0.2) is 11.5 Å². The van der Waals surface area contributed by atoms with Crippen molar-refractivity contribution < 1.29 is 28.9 Å². The van der Waals surface area contributed by atoms with Gasteiger partial charge in [0.1, 0.15) is 6.04 Å². The average Bonchev–Trinajstić information content (AvgIpc) is 2.51. The lowest BCUT2D eigenvalue weighted by Crippen LogP contribution is -2.48. The molecule has 0 aliphatic heterocycles. The van der Waals surface area contributed by atoms with Crippen LogP contribution in [0.3, 0.4) is 0 Å². The van der Waals surface area contributed by atoms with Crippen molar-refractivity contribution in [3.8, 4) is 11.5 Å². The highest BCUT2D eigenvalue weighted by Gasteiger charge is 2.20. The third kappa shape index (κ3) is 4.81. The van der Waals surface area contributed by atoms with Crippen molar-refractivity contribution in [2.75, 3.05) is 27.9 Å². The van der Waals surface area contributed by atoms with E-state index in [9.17, 15) is 9.59 Å². The van der Waals surface area contributed by atoms with Gasteiger partial charge in [0.2, 0.25) is 5.91 Å². The van der Waals surface area contributed by atoms with Gasteiger partial charge < -0.3 is 30.0 Å². The summed E-state index contributed by atoms with van der Waals surface area (Å²) in [7, 11) is 4.41. The summed E-state index contributed by atoms with van der Waals surface area (Å²) in [6.45, 7) is 0.105. The van der Waals surface area contributed by atoms with Crippen molar-refractivity contribution in [1.82, 2.24) is 10.6 Å². The maximum Gasteiger partial charge on any atom is 0.405 e. The molecule has 1 aromatic rings. The van der Waals surface area contributed by atoms with Gasteiger partial charge in [0, 0.05) is 19.2 Å². The fraction of sp³-hybridized carbons (Fsp3) is 0.429. The van der Waals surface area contributed by atoms with Gasteiger partial charge in [-0.2, -0.15) is 0 Å². The minimum Gasteiger partial charge on any atom is -0.493 e. The number of carbonyl (C=O) groups is 2. The molecule has 1 unspecified atom stereocenters. The summed E-state index contributed by atoms with van der Waals surface area (Å²) in [5.74, 6) is 0.570. The lowest BCUT2D eigenvalue weighted by molar-refractivity contribution is -0.124. The lowest BCUT2D eigenvalue weighted by atomic mass is 10.1. The van der Waals surface area contributed by atoms with Crippen LogP contribution in [0.15, 0.2) is 18.2 Å². The molecule has 0 aliphatic carbocycles. The molecule has 0 spiro atoms. The first kappa shape index (κ1) is 17.6. The lowest BCUT2D eigenvalue weighted by Gasteiger charge is -2.17. The van der Waals surface area contributed by atoms with Gasteiger partial charge in [-0.3, -0.25) is 4.79 Å². The van der Waals surface area contributed by atoms with Crippen LogP contribution in [0, 0.1) is 0 Å². The number of hydrogen-bond donors (Lipinski definition) is 3. The van der Waals surface area contributed by atoms with Gasteiger partial charge in [-0.15, -0.1) is 0 Å². The quantitative estimate of drug-likeness (QED) is 0.649. The molecule has 0 saturated heterocycles. The molecule has 0 saturated carbocycles. The average molecular weight is 312 g/mol. The number of amides is 2. The highest BCUT2D eigenvalue weighted by molar-refractivity contribution is 5.85. The highest BCUT2D eigenvalue weighted by atomic mass is 16.5. The second kappa shape index (κ2) is 8.73. The minimum atomic E-state index is -1.30. The maximum atomic E-state index is 12.0. The van der Waals surface area contributed by atoms with E-state index in [0.29, 0.717) is 17.1 Å². The second-order valence-electron chi connectivity index (χ2n) is 4.33. The van der Waals surface area contributed by atoms with E-state index >= 15 is 0 Å². The third-order valence-electron chi connectivity index (χ3n) is 2.89. The monoisotopic (exact) mass is 312 g/mol. The molecule has 22 heavy (non-hydrogen) atoms. The van der Waals surface area contributed by atoms with Crippen LogP contribution in [0.5, 0.6) is 11.5 Å². The van der Waals surface area contributed by atoms with Crippen molar-refractivity contribution >= 4 is 12.0 Å². The van der Waals surface area contributed by atoms with Gasteiger partial charge in [-0.25, -0.2) is 4.79 Å². The normalized spacial score (nSPS) is 11.4. The predicted octanol–water partition coefficient (Wildman–Crippen LogP) is 0.603. The third-order valence-corrected chi connectivity index (χ3v) is 2.89. The molecule has 0 bridgehead atoms. The Morgan fingerprint density at radius 2 is 1.95 bits per heavy atom. The summed E-state index contributed by atoms with van der Waals surface area (Å²) in [6, 6.07) is 4.30. The number of para-hydroxylation sites is 1. The molecule has 2 amide bonds. The number of benzene rings is 1. The van der Waals surface area contributed by atoms with Crippen molar-refractivity contribution in [2.45, 2.75) is 12.6 Å². The Labute approximate surface area is 128 Å². The van der Waals surface area contributed by atoms with Crippen LogP contribution in [0.25, 0.3) is 0 Å². The number of ether oxygens (including phenoxy) is 3. The minimum absolute atomic E-state index is 0.0621. The molecule has 8 nitrogen and oxygen atoms in total. The number of hydrogen-bond acceptors (Lipinski definition) is 5. The van der Waals surface area contributed by atoms with E-state index in [-0.39, 0.29) is 13.2 Å². The second-order valence-corrected chi connectivity index (χ2v) is 4.33. The number of nitrogens with one attached hydrogen (secondary N) is 2. The first-order chi connectivity index (χ1) is 10.5. The van der Waals surface area contributed by atoms with Crippen LogP contribution >= 0.6 is 0 Å². The van der Waals surface area contributed by atoms with Crippen molar-refractivity contribution in [2.24, 2.45) is 0 Å². The van der Waals surface area contributed by atoms with Crippen LogP contribution in [-0.4, -0.2) is 51.1 Å². The topological polar surface area (TPSA) is 106 Å². The number of carboxylic acid groups (broad SMARTS) is 1. The van der Waals surface area contributed by atoms with Crippen LogP contribution in [0.2, 0.25) is 0 Å². The predicted molar refractivity (Wildman–Crippen MR) is 78.2 cm³/mol. The van der Waals surface area contributed by atoms with Gasteiger partial charge in [0.05, 0.1) is 20.8 Å². The smallest absolute Gasteiger partial charge is 0.405 e. The molecule has 1 aromatic carbocycles. The Morgan fingerprint density at radius 1 is 1.23 bits per heavy atom. The van der Waals surface area contributed by atoms with E-state index in [4.69, 9.17) is 19.3 Å². The Bertz CT molecular complexity index is 520. The summed E-state index contributed by atoms with van der Waals surface area (Å²) in [5, 5.41) is 13.4. The van der Waals surface area contributed by atoms with E-state index < -0.39 is 18.0 Å². The van der Waals surface area contributed by atoms with E-state index in [1.54, 1.807) is 18.2 Å². The summed E-state index contributed by atoms with van der Waals surface area (Å²) in [5.41, 5.74) is 0.710. The Kier molecular flexibility index (Phi) is 6.97. The maximum absolute atomic E-state index is 12.0.